The average Bonchev–Trinajstić information content (AvgIpc) is 3.83. The lowest BCUT2D eigenvalue weighted by molar-refractivity contribution is -0.225. The first-order valence-electron chi connectivity index (χ1n) is 19.2. The molecule has 3 aromatic heterocycles. The zero-order chi connectivity index (χ0) is 35.1. The molecular weight excluding hydrogens is 622 g/mol. The number of benzene rings is 1. The SMILES string of the molecule is C=C(C)c1c(O)c2c3c(cc4c5c(n1c42)C1(C)C(CCC2[C@]4(C)CC[C@@H](c6ccco6)O[C@H]4CC[C@@]21C)C5)C1=CC(C)(C)OC(C)(C)C1[C@@H]3O. The van der Waals surface area contributed by atoms with Crippen LogP contribution in [0.1, 0.15) is 140 Å². The Morgan fingerprint density at radius 1 is 1.02 bits per heavy atom. The van der Waals surface area contributed by atoms with E-state index in [1.165, 1.54) is 29.5 Å². The lowest BCUT2D eigenvalue weighted by atomic mass is 9.40. The van der Waals surface area contributed by atoms with E-state index >= 15 is 0 Å². The van der Waals surface area contributed by atoms with Crippen LogP contribution in [0.4, 0.5) is 0 Å². The van der Waals surface area contributed by atoms with Crippen molar-refractivity contribution in [3.05, 3.63) is 71.0 Å². The van der Waals surface area contributed by atoms with Crippen molar-refractivity contribution in [1.82, 2.24) is 4.40 Å². The molecule has 4 aliphatic carbocycles. The van der Waals surface area contributed by atoms with Crippen LogP contribution in [0.25, 0.3) is 27.4 Å². The summed E-state index contributed by atoms with van der Waals surface area (Å²) < 4.78 is 21.8. The van der Waals surface area contributed by atoms with E-state index in [-0.39, 0.29) is 40.1 Å². The average molecular weight is 676 g/mol. The number of aromatic nitrogens is 1. The maximum Gasteiger partial charge on any atom is 0.149 e. The highest BCUT2D eigenvalue weighted by molar-refractivity contribution is 6.11. The van der Waals surface area contributed by atoms with Gasteiger partial charge in [0.15, 0.2) is 0 Å². The zero-order valence-electron chi connectivity index (χ0n) is 31.1. The number of allylic oxidation sites excluding steroid dienone is 1. The highest BCUT2D eigenvalue weighted by Gasteiger charge is 2.68. The molecule has 9 atom stereocenters. The van der Waals surface area contributed by atoms with Gasteiger partial charge in [-0.1, -0.05) is 27.4 Å². The normalized spacial score (nSPS) is 39.4. The van der Waals surface area contributed by atoms with E-state index < -0.39 is 17.3 Å². The molecule has 1 saturated heterocycles. The number of aliphatic hydroxyl groups excluding tert-OH is 1. The van der Waals surface area contributed by atoms with Gasteiger partial charge in [-0.15, -0.1) is 0 Å². The molecular formula is C44H53NO5. The Hall–Kier alpha value is -3.06. The van der Waals surface area contributed by atoms with Crippen LogP contribution in [0, 0.1) is 28.6 Å². The zero-order valence-corrected chi connectivity index (χ0v) is 31.1. The summed E-state index contributed by atoms with van der Waals surface area (Å²) in [5.74, 6) is 2.05. The van der Waals surface area contributed by atoms with Crippen LogP contribution in [-0.2, 0) is 21.3 Å². The molecule has 2 aliphatic heterocycles. The van der Waals surface area contributed by atoms with Crippen LogP contribution >= 0.6 is 0 Å². The van der Waals surface area contributed by atoms with Gasteiger partial charge in [-0.3, -0.25) is 0 Å². The molecule has 6 heteroatoms. The van der Waals surface area contributed by atoms with E-state index in [0.717, 1.165) is 76.7 Å². The Bertz CT molecular complexity index is 2150. The molecule has 0 bridgehead atoms. The van der Waals surface area contributed by atoms with Gasteiger partial charge in [-0.05, 0) is 149 Å². The van der Waals surface area contributed by atoms with E-state index in [1.807, 2.05) is 13.0 Å². The second-order valence-corrected chi connectivity index (χ2v) is 18.9. The van der Waals surface area contributed by atoms with Crippen LogP contribution < -0.4 is 0 Å². The predicted molar refractivity (Wildman–Crippen MR) is 196 cm³/mol. The predicted octanol–water partition coefficient (Wildman–Crippen LogP) is 10.1. The van der Waals surface area contributed by atoms with Crippen molar-refractivity contribution in [2.75, 3.05) is 0 Å². The number of furan rings is 1. The maximum absolute atomic E-state index is 12.4. The van der Waals surface area contributed by atoms with Gasteiger partial charge in [0.25, 0.3) is 0 Å². The molecule has 1 aromatic carbocycles. The summed E-state index contributed by atoms with van der Waals surface area (Å²) in [5, 5.41) is 26.6. The molecule has 264 valence electrons. The Morgan fingerprint density at radius 3 is 2.52 bits per heavy atom. The van der Waals surface area contributed by atoms with Crippen LogP contribution in [0.15, 0.2) is 41.5 Å². The summed E-state index contributed by atoms with van der Waals surface area (Å²) in [5.41, 5.74) is 7.61. The first kappa shape index (κ1) is 31.7. The van der Waals surface area contributed by atoms with Gasteiger partial charge < -0.3 is 28.5 Å². The van der Waals surface area contributed by atoms with Crippen molar-refractivity contribution in [3.63, 3.8) is 0 Å². The second-order valence-electron chi connectivity index (χ2n) is 18.9. The van der Waals surface area contributed by atoms with Crippen molar-refractivity contribution in [2.45, 2.75) is 135 Å². The lowest BCUT2D eigenvalue weighted by Crippen LogP contribution is -2.63. The third kappa shape index (κ3) is 3.52. The van der Waals surface area contributed by atoms with E-state index in [0.29, 0.717) is 11.8 Å². The minimum Gasteiger partial charge on any atom is -0.505 e. The summed E-state index contributed by atoms with van der Waals surface area (Å²) in [6.45, 7) is 22.6. The summed E-state index contributed by atoms with van der Waals surface area (Å²) in [6, 6.07) is 6.42. The molecule has 2 saturated carbocycles. The second kappa shape index (κ2) is 9.48. The van der Waals surface area contributed by atoms with Crippen LogP contribution in [0.2, 0.25) is 0 Å². The summed E-state index contributed by atoms with van der Waals surface area (Å²) in [4.78, 5) is 0. The van der Waals surface area contributed by atoms with Crippen molar-refractivity contribution in [1.29, 1.82) is 0 Å². The molecule has 50 heavy (non-hydrogen) atoms. The third-order valence-corrected chi connectivity index (χ3v) is 15.6. The lowest BCUT2D eigenvalue weighted by Gasteiger charge is -2.66. The van der Waals surface area contributed by atoms with Crippen molar-refractivity contribution < 1.29 is 24.1 Å². The Balaban J connectivity index is 1.18. The van der Waals surface area contributed by atoms with Crippen molar-refractivity contribution in [2.24, 2.45) is 28.6 Å². The smallest absolute Gasteiger partial charge is 0.149 e. The minimum atomic E-state index is -0.780. The van der Waals surface area contributed by atoms with Gasteiger partial charge >= 0.3 is 0 Å². The molecule has 6 aliphatic rings. The van der Waals surface area contributed by atoms with Gasteiger partial charge in [-0.25, -0.2) is 0 Å². The highest BCUT2D eigenvalue weighted by Crippen LogP contribution is 2.73. The minimum absolute atomic E-state index is 0.0395. The van der Waals surface area contributed by atoms with E-state index in [1.54, 1.807) is 6.26 Å². The molecule has 0 amide bonds. The maximum atomic E-state index is 12.4. The molecule has 10 rings (SSSR count). The summed E-state index contributed by atoms with van der Waals surface area (Å²) >= 11 is 0. The van der Waals surface area contributed by atoms with Crippen LogP contribution in [0.5, 0.6) is 5.75 Å². The molecule has 3 fully saturated rings. The molecule has 4 unspecified atom stereocenters. The third-order valence-electron chi connectivity index (χ3n) is 15.6. The number of rotatable bonds is 2. The number of nitrogens with zero attached hydrogens (tertiary/aromatic N) is 1. The van der Waals surface area contributed by atoms with Crippen LogP contribution in [-0.4, -0.2) is 31.9 Å². The number of hydrogen-bond acceptors (Lipinski definition) is 5. The van der Waals surface area contributed by atoms with Gasteiger partial charge in [0.05, 0.1) is 40.9 Å². The Labute approximate surface area is 295 Å². The Morgan fingerprint density at radius 2 is 1.80 bits per heavy atom. The van der Waals surface area contributed by atoms with E-state index in [9.17, 15) is 10.2 Å². The molecule has 0 radical (unpaired) electrons. The highest BCUT2D eigenvalue weighted by atomic mass is 16.5. The molecule has 0 spiro atoms. The molecule has 2 N–H and O–H groups in total. The van der Waals surface area contributed by atoms with Crippen molar-refractivity contribution >= 4 is 27.4 Å². The van der Waals surface area contributed by atoms with Gasteiger partial charge in [-0.2, -0.15) is 0 Å². The topological polar surface area (TPSA) is 76.5 Å². The molecule has 5 heterocycles. The number of hydrogen-bond donors (Lipinski definition) is 2. The molecule has 4 aromatic rings. The fourth-order valence-corrected chi connectivity index (χ4v) is 13.7. The largest absolute Gasteiger partial charge is 0.505 e. The van der Waals surface area contributed by atoms with E-state index in [4.69, 9.17) is 13.9 Å². The number of aromatic hydroxyl groups is 1. The van der Waals surface area contributed by atoms with Crippen LogP contribution in [0.3, 0.4) is 0 Å². The fraction of sp³-hybridized carbons (Fsp3) is 0.591. The van der Waals surface area contributed by atoms with Gasteiger partial charge in [0.2, 0.25) is 0 Å². The van der Waals surface area contributed by atoms with Gasteiger partial charge in [0.1, 0.15) is 17.6 Å². The molecule has 6 nitrogen and oxygen atoms in total. The van der Waals surface area contributed by atoms with Gasteiger partial charge in [0, 0.05) is 33.4 Å². The quantitative estimate of drug-likeness (QED) is 0.221. The Kier molecular flexibility index (Phi) is 6.00. The number of aliphatic hydroxyl groups is 1. The first-order valence-corrected chi connectivity index (χ1v) is 19.2. The van der Waals surface area contributed by atoms with Crippen molar-refractivity contribution in [3.8, 4) is 5.75 Å². The van der Waals surface area contributed by atoms with E-state index in [2.05, 4.69) is 77.7 Å². The summed E-state index contributed by atoms with van der Waals surface area (Å²) in [7, 11) is 0. The standard InChI is InChI=1S/C44H53NO5/c1-22(2)35-38(47)33-32-24(27-21-40(3,4)50-41(5,6)34(27)37(32)46)20-25-26-19-23-12-13-30-42(7)16-14-29(28-11-10-18-48-28)49-31(42)15-17-43(30,8)44(23,9)39(26)45(35)36(25)33/h10-11,18,20-21,23,29-31,34,37,46-47H,1,12-17,19H2,2-9H3/t23?,29-,30?,31-,34?,37+,42-,43-,44?/m0/s1. The number of ether oxygens (including phenoxy) is 2. The monoisotopic (exact) mass is 675 g/mol. The number of fused-ring (bicyclic) bond motifs is 13. The summed E-state index contributed by atoms with van der Waals surface area (Å²) in [6.07, 6.45) is 11.2. The first-order chi connectivity index (χ1) is 23.5. The fourth-order valence-electron chi connectivity index (χ4n) is 13.7.